The molecule has 0 bridgehead atoms. The fourth-order valence-corrected chi connectivity index (χ4v) is 4.85. The number of fused-ring (bicyclic) bond motifs is 1. The summed E-state index contributed by atoms with van der Waals surface area (Å²) in [4.78, 5) is 30.7. The van der Waals surface area contributed by atoms with Crippen molar-refractivity contribution in [1.29, 1.82) is 0 Å². The van der Waals surface area contributed by atoms with Crippen LogP contribution in [0.4, 0.5) is 0 Å². The van der Waals surface area contributed by atoms with Gasteiger partial charge in [0.1, 0.15) is 12.4 Å². The number of rotatable bonds is 7. The zero-order valence-electron chi connectivity index (χ0n) is 21.9. The molecule has 1 aromatic carbocycles. The first-order valence-corrected chi connectivity index (χ1v) is 12.6. The van der Waals surface area contributed by atoms with E-state index in [1.54, 1.807) is 23.2 Å². The predicted molar refractivity (Wildman–Crippen MR) is 138 cm³/mol. The summed E-state index contributed by atoms with van der Waals surface area (Å²) >= 11 is 0. The van der Waals surface area contributed by atoms with Crippen LogP contribution in [0.1, 0.15) is 55.0 Å². The molecule has 0 spiro atoms. The summed E-state index contributed by atoms with van der Waals surface area (Å²) in [6, 6.07) is 7.16. The smallest absolute Gasteiger partial charge is 0.257 e. The number of ether oxygens (including phenoxy) is 2. The van der Waals surface area contributed by atoms with Crippen LogP contribution in [0.3, 0.4) is 0 Å². The first-order valence-electron chi connectivity index (χ1n) is 12.6. The molecule has 2 aliphatic heterocycles. The number of H-pyrrole nitrogens is 1. The van der Waals surface area contributed by atoms with Gasteiger partial charge in [0.05, 0.1) is 30.2 Å². The van der Waals surface area contributed by atoms with Crippen molar-refractivity contribution in [1.82, 2.24) is 25.3 Å². The van der Waals surface area contributed by atoms with Crippen LogP contribution in [-0.4, -0.2) is 83.9 Å². The number of nitrogens with one attached hydrogen (secondary N) is 2. The number of aromatic nitrogens is 2. The number of aromatic amines is 1. The minimum absolute atomic E-state index is 0.0397. The summed E-state index contributed by atoms with van der Waals surface area (Å²) in [5, 5.41) is 10.3. The van der Waals surface area contributed by atoms with E-state index in [2.05, 4.69) is 34.3 Å². The lowest BCUT2D eigenvalue weighted by atomic mass is 9.82. The van der Waals surface area contributed by atoms with Crippen LogP contribution < -0.4 is 10.1 Å². The highest BCUT2D eigenvalue weighted by Crippen LogP contribution is 2.36. The van der Waals surface area contributed by atoms with Crippen LogP contribution in [0, 0.1) is 6.92 Å². The van der Waals surface area contributed by atoms with Gasteiger partial charge in [-0.1, -0.05) is 13.8 Å². The number of benzene rings is 1. The Morgan fingerprint density at radius 2 is 1.89 bits per heavy atom. The largest absolute Gasteiger partial charge is 0.492 e. The van der Waals surface area contributed by atoms with E-state index in [0.717, 1.165) is 49.9 Å². The Morgan fingerprint density at radius 1 is 1.19 bits per heavy atom. The highest BCUT2D eigenvalue weighted by atomic mass is 16.5. The lowest BCUT2D eigenvalue weighted by molar-refractivity contribution is -0.116. The monoisotopic (exact) mass is 495 g/mol. The molecule has 0 saturated carbocycles. The number of amides is 2. The maximum atomic E-state index is 13.6. The quantitative estimate of drug-likeness (QED) is 0.613. The summed E-state index contributed by atoms with van der Waals surface area (Å²) in [5.74, 6) is 0.309. The average molecular weight is 496 g/mol. The first kappa shape index (κ1) is 25.9. The zero-order chi connectivity index (χ0) is 25.9. The van der Waals surface area contributed by atoms with Gasteiger partial charge in [-0.2, -0.15) is 5.10 Å². The molecule has 4 rings (SSSR count). The van der Waals surface area contributed by atoms with Gasteiger partial charge < -0.3 is 19.7 Å². The third-order valence-electron chi connectivity index (χ3n) is 6.55. The Balaban J connectivity index is 1.51. The Morgan fingerprint density at radius 3 is 2.56 bits per heavy atom. The van der Waals surface area contributed by atoms with E-state index in [4.69, 9.17) is 9.47 Å². The van der Waals surface area contributed by atoms with Crippen molar-refractivity contribution in [3.8, 4) is 5.75 Å². The zero-order valence-corrected chi connectivity index (χ0v) is 21.9. The summed E-state index contributed by atoms with van der Waals surface area (Å²) < 4.78 is 11.3. The first-order chi connectivity index (χ1) is 17.2. The Hall–Kier alpha value is -3.17. The van der Waals surface area contributed by atoms with E-state index >= 15 is 0 Å². The molecule has 1 saturated heterocycles. The third-order valence-corrected chi connectivity index (χ3v) is 6.55. The second kappa shape index (κ2) is 10.8. The molecule has 9 nitrogen and oxygen atoms in total. The summed E-state index contributed by atoms with van der Waals surface area (Å²) in [6.07, 6.45) is 1.65. The molecule has 3 heterocycles. The lowest BCUT2D eigenvalue weighted by Gasteiger charge is -2.29. The maximum absolute atomic E-state index is 13.6. The molecule has 194 valence electrons. The van der Waals surface area contributed by atoms with Crippen molar-refractivity contribution in [2.45, 2.75) is 46.1 Å². The second-order valence-corrected chi connectivity index (χ2v) is 10.4. The Kier molecular flexibility index (Phi) is 7.80. The fourth-order valence-electron chi connectivity index (χ4n) is 4.85. The molecular weight excluding hydrogens is 458 g/mol. The molecular formula is C27H37N5O4. The molecule has 2 aliphatic rings. The minimum Gasteiger partial charge on any atom is -0.492 e. The summed E-state index contributed by atoms with van der Waals surface area (Å²) in [6.45, 7) is 15.1. The van der Waals surface area contributed by atoms with E-state index in [-0.39, 0.29) is 17.9 Å². The van der Waals surface area contributed by atoms with Crippen molar-refractivity contribution in [2.24, 2.45) is 0 Å². The van der Waals surface area contributed by atoms with Gasteiger partial charge in [0.2, 0.25) is 0 Å². The summed E-state index contributed by atoms with van der Waals surface area (Å²) in [7, 11) is 0. The molecule has 0 aliphatic carbocycles. The number of hydrogen-bond acceptors (Lipinski definition) is 6. The highest BCUT2D eigenvalue weighted by molar-refractivity contribution is 6.20. The summed E-state index contributed by atoms with van der Waals surface area (Å²) in [5.41, 5.74) is 2.96. The SMILES string of the molecule is Cc1n[nH]c2c1C(C)(C)CN(C(=O)c1ccc(OCCN3CCOCC3)cc1)C=C2C(=O)NC(C)C. The molecule has 1 aromatic heterocycles. The normalized spacial score (nSPS) is 17.8. The Bertz CT molecular complexity index is 1110. The van der Waals surface area contributed by atoms with Gasteiger partial charge in [0, 0.05) is 55.0 Å². The van der Waals surface area contributed by atoms with Crippen molar-refractivity contribution in [2.75, 3.05) is 46.0 Å². The molecule has 2 aromatic rings. The van der Waals surface area contributed by atoms with E-state index in [1.165, 1.54) is 0 Å². The standard InChI is InChI=1S/C27H37N5O4/c1-18(2)28-25(33)22-16-32(17-27(4,5)23-19(3)29-30-24(22)23)26(34)20-6-8-21(9-7-20)36-15-12-31-10-13-35-14-11-31/h6-9,16,18H,10-15,17H2,1-5H3,(H,28,33)(H,29,30). The van der Waals surface area contributed by atoms with Crippen molar-refractivity contribution >= 4 is 17.4 Å². The average Bonchev–Trinajstić information content (AvgIpc) is 3.18. The second-order valence-electron chi connectivity index (χ2n) is 10.4. The van der Waals surface area contributed by atoms with E-state index in [0.29, 0.717) is 30.0 Å². The van der Waals surface area contributed by atoms with Gasteiger partial charge in [-0.15, -0.1) is 0 Å². The number of hydrogen-bond donors (Lipinski definition) is 2. The molecule has 0 atom stereocenters. The van der Waals surface area contributed by atoms with E-state index < -0.39 is 5.41 Å². The number of carbonyl (C=O) groups is 2. The molecule has 36 heavy (non-hydrogen) atoms. The van der Waals surface area contributed by atoms with Crippen LogP contribution in [0.25, 0.3) is 5.57 Å². The van der Waals surface area contributed by atoms with E-state index in [1.807, 2.05) is 32.9 Å². The topological polar surface area (TPSA) is 99.8 Å². The van der Waals surface area contributed by atoms with Crippen LogP contribution in [-0.2, 0) is 14.9 Å². The molecule has 0 radical (unpaired) electrons. The Labute approximate surface area is 212 Å². The lowest BCUT2D eigenvalue weighted by Crippen LogP contribution is -2.38. The van der Waals surface area contributed by atoms with Crippen molar-refractivity contribution in [3.63, 3.8) is 0 Å². The van der Waals surface area contributed by atoms with Crippen LogP contribution in [0.15, 0.2) is 30.5 Å². The number of nitrogens with zero attached hydrogens (tertiary/aromatic N) is 3. The highest BCUT2D eigenvalue weighted by Gasteiger charge is 2.37. The maximum Gasteiger partial charge on any atom is 0.257 e. The van der Waals surface area contributed by atoms with Gasteiger partial charge in [0.25, 0.3) is 11.8 Å². The van der Waals surface area contributed by atoms with Gasteiger partial charge in [0.15, 0.2) is 0 Å². The molecule has 0 unspecified atom stereocenters. The third kappa shape index (κ3) is 5.79. The van der Waals surface area contributed by atoms with Gasteiger partial charge in [-0.05, 0) is 45.0 Å². The molecule has 2 N–H and O–H groups in total. The van der Waals surface area contributed by atoms with E-state index in [9.17, 15) is 9.59 Å². The minimum atomic E-state index is -0.416. The predicted octanol–water partition coefficient (Wildman–Crippen LogP) is 2.73. The molecule has 2 amide bonds. The molecule has 1 fully saturated rings. The van der Waals surface area contributed by atoms with Gasteiger partial charge in [-0.3, -0.25) is 19.6 Å². The van der Waals surface area contributed by atoms with Crippen LogP contribution >= 0.6 is 0 Å². The number of carbonyl (C=O) groups excluding carboxylic acids is 2. The fraction of sp³-hybridized carbons (Fsp3) is 0.519. The number of aryl methyl sites for hydroxylation is 1. The van der Waals surface area contributed by atoms with Crippen LogP contribution in [0.2, 0.25) is 0 Å². The number of morpholine rings is 1. The van der Waals surface area contributed by atoms with Crippen molar-refractivity contribution < 1.29 is 19.1 Å². The van der Waals surface area contributed by atoms with Gasteiger partial charge >= 0.3 is 0 Å². The van der Waals surface area contributed by atoms with Crippen LogP contribution in [0.5, 0.6) is 5.75 Å². The molecule has 9 heteroatoms. The van der Waals surface area contributed by atoms with Crippen molar-refractivity contribution in [3.05, 3.63) is 53.0 Å². The van der Waals surface area contributed by atoms with Gasteiger partial charge in [-0.25, -0.2) is 0 Å².